The summed E-state index contributed by atoms with van der Waals surface area (Å²) < 4.78 is 0. The highest BCUT2D eigenvalue weighted by atomic mass is 35.5. The molecule has 2 unspecified atom stereocenters. The summed E-state index contributed by atoms with van der Waals surface area (Å²) in [5, 5.41) is 10.6. The van der Waals surface area contributed by atoms with E-state index in [0.29, 0.717) is 11.0 Å². The van der Waals surface area contributed by atoms with Crippen LogP contribution in [-0.2, 0) is 0 Å². The molecule has 2 rings (SSSR count). The van der Waals surface area contributed by atoms with Gasteiger partial charge in [0.25, 0.3) is 0 Å². The van der Waals surface area contributed by atoms with E-state index in [2.05, 4.69) is 14.9 Å². The van der Waals surface area contributed by atoms with Crippen molar-refractivity contribution in [3.8, 4) is 0 Å². The average Bonchev–Trinajstić information content (AvgIpc) is 2.33. The van der Waals surface area contributed by atoms with Crippen LogP contribution in [-0.4, -0.2) is 34.3 Å². The maximum absolute atomic E-state index is 10.1. The van der Waals surface area contributed by atoms with Crippen molar-refractivity contribution >= 4 is 17.4 Å². The van der Waals surface area contributed by atoms with E-state index in [-0.39, 0.29) is 12.1 Å². The third kappa shape index (κ3) is 2.59. The second-order valence-electron chi connectivity index (χ2n) is 5.04. The number of aliphatic hydroxyl groups excluding tert-OH is 1. The van der Waals surface area contributed by atoms with Gasteiger partial charge < -0.3 is 10.0 Å². The summed E-state index contributed by atoms with van der Waals surface area (Å²) in [5.74, 6) is 1.50. The predicted molar refractivity (Wildman–Crippen MR) is 73.2 cm³/mol. The Morgan fingerprint density at radius 2 is 1.89 bits per heavy atom. The van der Waals surface area contributed by atoms with Gasteiger partial charge in [-0.2, -0.15) is 0 Å². The first-order chi connectivity index (χ1) is 8.50. The van der Waals surface area contributed by atoms with Gasteiger partial charge in [0.2, 0.25) is 0 Å². The maximum atomic E-state index is 10.1. The summed E-state index contributed by atoms with van der Waals surface area (Å²) >= 11 is 6.10. The topological polar surface area (TPSA) is 49.2 Å². The van der Waals surface area contributed by atoms with Gasteiger partial charge >= 0.3 is 0 Å². The number of rotatable bonds is 2. The molecule has 0 radical (unpaired) electrons. The zero-order valence-corrected chi connectivity index (χ0v) is 11.9. The van der Waals surface area contributed by atoms with E-state index < -0.39 is 0 Å². The quantitative estimate of drug-likeness (QED) is 0.838. The molecule has 1 aliphatic carbocycles. The number of hydrogen-bond donors (Lipinski definition) is 1. The van der Waals surface area contributed by atoms with E-state index >= 15 is 0 Å². The molecule has 0 amide bonds. The van der Waals surface area contributed by atoms with Gasteiger partial charge in [-0.25, -0.2) is 9.97 Å². The molecule has 1 fully saturated rings. The van der Waals surface area contributed by atoms with Crippen molar-refractivity contribution in [1.29, 1.82) is 0 Å². The number of aryl methyl sites for hydroxylation is 1. The first-order valence-corrected chi connectivity index (χ1v) is 6.80. The van der Waals surface area contributed by atoms with E-state index in [0.717, 1.165) is 37.1 Å². The lowest BCUT2D eigenvalue weighted by Gasteiger charge is -2.36. The number of likely N-dealkylation sites (N-methyl/N-ethyl adjacent to an activating group) is 1. The first-order valence-electron chi connectivity index (χ1n) is 6.42. The lowest BCUT2D eigenvalue weighted by Crippen LogP contribution is -2.44. The summed E-state index contributed by atoms with van der Waals surface area (Å²) in [4.78, 5) is 10.7. The molecule has 0 bridgehead atoms. The molecule has 5 heteroatoms. The first kappa shape index (κ1) is 13.6. The highest BCUT2D eigenvalue weighted by molar-refractivity contribution is 6.30. The van der Waals surface area contributed by atoms with Crippen LogP contribution in [0.25, 0.3) is 0 Å². The molecule has 1 N–H and O–H groups in total. The SMILES string of the molecule is Cc1nc(Cl)c(C)c(N(C)C2CCCCC2O)n1. The summed E-state index contributed by atoms with van der Waals surface area (Å²) in [6.45, 7) is 3.75. The van der Waals surface area contributed by atoms with Crippen LogP contribution in [0.3, 0.4) is 0 Å². The maximum Gasteiger partial charge on any atom is 0.137 e. The molecule has 0 saturated heterocycles. The summed E-state index contributed by atoms with van der Waals surface area (Å²) in [6, 6.07) is 0.128. The fourth-order valence-corrected chi connectivity index (χ4v) is 2.83. The van der Waals surface area contributed by atoms with Crippen molar-refractivity contribution in [3.05, 3.63) is 16.5 Å². The molecule has 18 heavy (non-hydrogen) atoms. The highest BCUT2D eigenvalue weighted by Gasteiger charge is 2.28. The average molecular weight is 270 g/mol. The Labute approximate surface area is 113 Å². The lowest BCUT2D eigenvalue weighted by molar-refractivity contribution is 0.106. The molecule has 2 atom stereocenters. The number of nitrogens with zero attached hydrogens (tertiary/aromatic N) is 3. The number of hydrogen-bond acceptors (Lipinski definition) is 4. The number of halogens is 1. The third-order valence-corrected chi connectivity index (χ3v) is 4.07. The van der Waals surface area contributed by atoms with Crippen LogP contribution in [0.4, 0.5) is 5.82 Å². The highest BCUT2D eigenvalue weighted by Crippen LogP contribution is 2.29. The molecule has 0 aromatic carbocycles. The molecule has 1 aromatic rings. The fourth-order valence-electron chi connectivity index (χ4n) is 2.62. The smallest absolute Gasteiger partial charge is 0.137 e. The van der Waals surface area contributed by atoms with Gasteiger partial charge in [-0.3, -0.25) is 0 Å². The molecule has 1 aromatic heterocycles. The molecule has 1 heterocycles. The van der Waals surface area contributed by atoms with Crippen LogP contribution in [0, 0.1) is 13.8 Å². The van der Waals surface area contributed by atoms with E-state index in [4.69, 9.17) is 11.6 Å². The summed E-state index contributed by atoms with van der Waals surface area (Å²) in [7, 11) is 1.98. The molecule has 1 saturated carbocycles. The van der Waals surface area contributed by atoms with Gasteiger partial charge in [-0.05, 0) is 26.7 Å². The Kier molecular flexibility index (Phi) is 4.07. The number of aromatic nitrogens is 2. The Balaban J connectivity index is 2.30. The van der Waals surface area contributed by atoms with Crippen LogP contribution in [0.5, 0.6) is 0 Å². The van der Waals surface area contributed by atoms with Crippen LogP contribution in [0.1, 0.15) is 37.1 Å². The van der Waals surface area contributed by atoms with Gasteiger partial charge in [-0.15, -0.1) is 0 Å². The second-order valence-corrected chi connectivity index (χ2v) is 5.40. The minimum absolute atomic E-state index is 0.128. The third-order valence-electron chi connectivity index (χ3n) is 3.70. The second kappa shape index (κ2) is 5.41. The summed E-state index contributed by atoms with van der Waals surface area (Å²) in [5.41, 5.74) is 0.877. The molecular formula is C13H20ClN3O. The normalized spacial score (nSPS) is 24.1. The lowest BCUT2D eigenvalue weighted by atomic mass is 9.91. The number of anilines is 1. The van der Waals surface area contributed by atoms with Crippen molar-refractivity contribution in [2.24, 2.45) is 0 Å². The van der Waals surface area contributed by atoms with Gasteiger partial charge in [0.05, 0.1) is 12.1 Å². The van der Waals surface area contributed by atoms with E-state index in [9.17, 15) is 5.11 Å². The monoisotopic (exact) mass is 269 g/mol. The van der Waals surface area contributed by atoms with Crippen LogP contribution >= 0.6 is 11.6 Å². The summed E-state index contributed by atoms with van der Waals surface area (Å²) in [6.07, 6.45) is 3.85. The molecular weight excluding hydrogens is 250 g/mol. The zero-order valence-electron chi connectivity index (χ0n) is 11.1. The van der Waals surface area contributed by atoms with Gasteiger partial charge in [-0.1, -0.05) is 24.4 Å². The van der Waals surface area contributed by atoms with E-state index in [1.54, 1.807) is 0 Å². The zero-order chi connectivity index (χ0) is 13.3. The molecule has 100 valence electrons. The van der Waals surface area contributed by atoms with Gasteiger partial charge in [0, 0.05) is 12.6 Å². The Hall–Kier alpha value is -0.870. The van der Waals surface area contributed by atoms with Crippen LogP contribution in [0.15, 0.2) is 0 Å². The Bertz CT molecular complexity index is 438. The standard InChI is InChI=1S/C13H20ClN3O/c1-8-12(14)15-9(2)16-13(8)17(3)10-6-4-5-7-11(10)18/h10-11,18H,4-7H2,1-3H3. The molecule has 0 aliphatic heterocycles. The molecule has 0 spiro atoms. The van der Waals surface area contributed by atoms with Crippen LogP contribution in [0.2, 0.25) is 5.15 Å². The minimum Gasteiger partial charge on any atom is -0.391 e. The number of aliphatic hydroxyl groups is 1. The van der Waals surface area contributed by atoms with E-state index in [1.165, 1.54) is 0 Å². The Morgan fingerprint density at radius 3 is 2.56 bits per heavy atom. The van der Waals surface area contributed by atoms with Crippen LogP contribution < -0.4 is 4.90 Å². The fraction of sp³-hybridized carbons (Fsp3) is 0.692. The molecule has 4 nitrogen and oxygen atoms in total. The minimum atomic E-state index is -0.280. The van der Waals surface area contributed by atoms with E-state index in [1.807, 2.05) is 20.9 Å². The predicted octanol–water partition coefficient (Wildman–Crippen LogP) is 2.49. The Morgan fingerprint density at radius 1 is 1.22 bits per heavy atom. The van der Waals surface area contributed by atoms with Crippen molar-refractivity contribution in [2.75, 3.05) is 11.9 Å². The molecule has 1 aliphatic rings. The van der Waals surface area contributed by atoms with Crippen molar-refractivity contribution in [2.45, 2.75) is 51.7 Å². The van der Waals surface area contributed by atoms with Gasteiger partial charge in [0.1, 0.15) is 16.8 Å². The largest absolute Gasteiger partial charge is 0.391 e. The van der Waals surface area contributed by atoms with Crippen molar-refractivity contribution < 1.29 is 5.11 Å². The van der Waals surface area contributed by atoms with Gasteiger partial charge in [0.15, 0.2) is 0 Å². The van der Waals surface area contributed by atoms with Crippen molar-refractivity contribution in [1.82, 2.24) is 9.97 Å². The van der Waals surface area contributed by atoms with Crippen molar-refractivity contribution in [3.63, 3.8) is 0 Å².